The van der Waals surface area contributed by atoms with Gasteiger partial charge in [0.15, 0.2) is 0 Å². The number of carbonyl (C=O) groups excluding carboxylic acids is 2. The van der Waals surface area contributed by atoms with Crippen LogP contribution < -0.4 is 9.62 Å². The first kappa shape index (κ1) is 31.5. The van der Waals surface area contributed by atoms with E-state index in [1.165, 1.54) is 23.1 Å². The Hall–Kier alpha value is -3.07. The van der Waals surface area contributed by atoms with Crippen molar-refractivity contribution in [1.82, 2.24) is 10.2 Å². The molecule has 0 aromatic heterocycles. The van der Waals surface area contributed by atoms with Crippen LogP contribution in [-0.2, 0) is 26.2 Å². The number of amides is 2. The second-order valence-corrected chi connectivity index (χ2v) is 12.4. The number of hydrogen-bond donors (Lipinski definition) is 1. The molecule has 0 spiro atoms. The van der Waals surface area contributed by atoms with E-state index in [-0.39, 0.29) is 29.1 Å². The summed E-state index contributed by atoms with van der Waals surface area (Å²) in [6, 6.07) is 18.8. The van der Waals surface area contributed by atoms with Crippen LogP contribution in [0.1, 0.15) is 44.7 Å². The quantitative estimate of drug-likeness (QED) is 0.266. The maximum atomic E-state index is 14.1. The van der Waals surface area contributed by atoms with E-state index >= 15 is 0 Å². The molecular weight excluding hydrogens is 569 g/mol. The number of rotatable bonds is 12. The molecule has 40 heavy (non-hydrogen) atoms. The zero-order valence-corrected chi connectivity index (χ0v) is 25.4. The Kier molecular flexibility index (Phi) is 11.0. The second kappa shape index (κ2) is 14.0. The average Bonchev–Trinajstić information content (AvgIpc) is 2.94. The number of halogens is 2. The molecule has 2 atom stereocenters. The Labute approximate surface area is 247 Å². The summed E-state index contributed by atoms with van der Waals surface area (Å²) in [6.07, 6.45) is 1.06. The highest BCUT2D eigenvalue weighted by Gasteiger charge is 2.34. The van der Waals surface area contributed by atoms with Crippen LogP contribution in [0.4, 0.5) is 5.69 Å². The number of anilines is 1. The molecule has 0 aliphatic heterocycles. The van der Waals surface area contributed by atoms with Crippen molar-refractivity contribution in [3.05, 3.63) is 94.0 Å². The fourth-order valence-corrected chi connectivity index (χ4v) is 5.86. The van der Waals surface area contributed by atoms with Crippen molar-refractivity contribution in [3.63, 3.8) is 0 Å². The summed E-state index contributed by atoms with van der Waals surface area (Å²) < 4.78 is 28.8. The summed E-state index contributed by atoms with van der Waals surface area (Å²) >= 11 is 12.4. The third-order valence-corrected chi connectivity index (χ3v) is 9.15. The van der Waals surface area contributed by atoms with Crippen LogP contribution in [0.5, 0.6) is 0 Å². The highest BCUT2D eigenvalue weighted by atomic mass is 35.5. The smallest absolute Gasteiger partial charge is 0.264 e. The zero-order valence-electron chi connectivity index (χ0n) is 23.1. The van der Waals surface area contributed by atoms with Gasteiger partial charge in [0.05, 0.1) is 10.6 Å². The van der Waals surface area contributed by atoms with Gasteiger partial charge in [-0.05, 0) is 74.2 Å². The number of sulfonamides is 1. The highest BCUT2D eigenvalue weighted by molar-refractivity contribution is 7.92. The lowest BCUT2D eigenvalue weighted by molar-refractivity contribution is -0.140. The number of benzene rings is 3. The van der Waals surface area contributed by atoms with E-state index in [0.717, 1.165) is 21.9 Å². The predicted octanol–water partition coefficient (Wildman–Crippen LogP) is 6.22. The molecule has 0 saturated heterocycles. The molecule has 0 aliphatic carbocycles. The summed E-state index contributed by atoms with van der Waals surface area (Å²) in [4.78, 5) is 28.9. The number of aryl methyl sites for hydroxylation is 1. The minimum atomic E-state index is -4.16. The molecule has 3 aromatic carbocycles. The standard InChI is InChI=1S/C30H35Cl2N3O4S/c1-5-22(4)33-30(37)28(6-2)34(19-23-13-15-24(31)16-14-23)29(36)20-35(25-17-12-21(3)27(32)18-25)40(38,39)26-10-8-7-9-11-26/h7-18,22,28H,5-6,19-20H2,1-4H3,(H,33,37)/t22-,28-/m1/s1. The highest BCUT2D eigenvalue weighted by Crippen LogP contribution is 2.28. The van der Waals surface area contributed by atoms with Crippen LogP contribution in [0.3, 0.4) is 0 Å². The summed E-state index contributed by atoms with van der Waals surface area (Å²) in [5, 5.41) is 3.87. The largest absolute Gasteiger partial charge is 0.352 e. The van der Waals surface area contributed by atoms with E-state index in [2.05, 4.69) is 5.32 Å². The molecular formula is C30H35Cl2N3O4S. The molecule has 0 radical (unpaired) electrons. The van der Waals surface area contributed by atoms with Crippen molar-refractivity contribution >= 4 is 50.7 Å². The Morgan fingerprint density at radius 1 is 0.925 bits per heavy atom. The van der Waals surface area contributed by atoms with Gasteiger partial charge in [0.2, 0.25) is 11.8 Å². The molecule has 1 N–H and O–H groups in total. The fourth-order valence-electron chi connectivity index (χ4n) is 4.13. The van der Waals surface area contributed by atoms with Crippen molar-refractivity contribution in [2.24, 2.45) is 0 Å². The number of nitrogens with one attached hydrogen (secondary N) is 1. The summed E-state index contributed by atoms with van der Waals surface area (Å²) in [5.41, 5.74) is 1.77. The molecule has 0 unspecified atom stereocenters. The van der Waals surface area contributed by atoms with Gasteiger partial charge in [0.25, 0.3) is 10.0 Å². The first-order valence-electron chi connectivity index (χ1n) is 13.2. The van der Waals surface area contributed by atoms with Gasteiger partial charge in [-0.15, -0.1) is 0 Å². The van der Waals surface area contributed by atoms with Crippen LogP contribution in [-0.4, -0.2) is 43.8 Å². The van der Waals surface area contributed by atoms with Crippen LogP contribution >= 0.6 is 23.2 Å². The first-order chi connectivity index (χ1) is 19.0. The monoisotopic (exact) mass is 603 g/mol. The van der Waals surface area contributed by atoms with Crippen LogP contribution in [0.25, 0.3) is 0 Å². The molecule has 3 aromatic rings. The van der Waals surface area contributed by atoms with Gasteiger partial charge in [-0.2, -0.15) is 0 Å². The van der Waals surface area contributed by atoms with Gasteiger partial charge in [-0.1, -0.05) is 73.4 Å². The third kappa shape index (κ3) is 7.77. The lowest BCUT2D eigenvalue weighted by Crippen LogP contribution is -2.53. The lowest BCUT2D eigenvalue weighted by Gasteiger charge is -2.33. The first-order valence-corrected chi connectivity index (χ1v) is 15.4. The van der Waals surface area contributed by atoms with Gasteiger partial charge in [0.1, 0.15) is 12.6 Å². The molecule has 0 fully saturated rings. The summed E-state index contributed by atoms with van der Waals surface area (Å²) in [5.74, 6) is -0.827. The molecule has 0 heterocycles. The molecule has 214 valence electrons. The molecule has 0 bridgehead atoms. The van der Waals surface area contributed by atoms with Crippen molar-refractivity contribution in [2.75, 3.05) is 10.8 Å². The van der Waals surface area contributed by atoms with Gasteiger partial charge in [0, 0.05) is 22.6 Å². The third-order valence-electron chi connectivity index (χ3n) is 6.71. The maximum absolute atomic E-state index is 14.1. The van der Waals surface area contributed by atoms with Crippen LogP contribution in [0.15, 0.2) is 77.7 Å². The second-order valence-electron chi connectivity index (χ2n) is 9.65. The fraction of sp³-hybridized carbons (Fsp3) is 0.333. The van der Waals surface area contributed by atoms with Gasteiger partial charge >= 0.3 is 0 Å². The number of nitrogens with zero attached hydrogens (tertiary/aromatic N) is 2. The van der Waals surface area contributed by atoms with Crippen molar-refractivity contribution in [1.29, 1.82) is 0 Å². The molecule has 2 amide bonds. The van der Waals surface area contributed by atoms with Crippen molar-refractivity contribution in [3.8, 4) is 0 Å². The zero-order chi connectivity index (χ0) is 29.4. The minimum Gasteiger partial charge on any atom is -0.352 e. The number of hydrogen-bond acceptors (Lipinski definition) is 4. The molecule has 0 saturated carbocycles. The van der Waals surface area contributed by atoms with E-state index in [1.807, 2.05) is 27.7 Å². The van der Waals surface area contributed by atoms with E-state index < -0.39 is 28.5 Å². The SMILES string of the molecule is CC[C@@H](C)NC(=O)[C@@H](CC)N(Cc1ccc(Cl)cc1)C(=O)CN(c1ccc(C)c(Cl)c1)S(=O)(=O)c1ccccc1. The molecule has 0 aliphatic rings. The summed E-state index contributed by atoms with van der Waals surface area (Å²) in [7, 11) is -4.16. The number of carbonyl (C=O) groups is 2. The van der Waals surface area contributed by atoms with Gasteiger partial charge < -0.3 is 10.2 Å². The van der Waals surface area contributed by atoms with Gasteiger partial charge in [-0.3, -0.25) is 13.9 Å². The van der Waals surface area contributed by atoms with E-state index in [1.54, 1.807) is 54.6 Å². The van der Waals surface area contributed by atoms with E-state index in [0.29, 0.717) is 16.5 Å². The Morgan fingerprint density at radius 3 is 2.15 bits per heavy atom. The Balaban J connectivity index is 2.06. The predicted molar refractivity (Wildman–Crippen MR) is 161 cm³/mol. The Morgan fingerprint density at radius 2 is 1.57 bits per heavy atom. The minimum absolute atomic E-state index is 0.0327. The van der Waals surface area contributed by atoms with Crippen molar-refractivity contribution < 1.29 is 18.0 Å². The normalized spacial score (nSPS) is 12.8. The van der Waals surface area contributed by atoms with E-state index in [9.17, 15) is 18.0 Å². The lowest BCUT2D eigenvalue weighted by atomic mass is 10.1. The van der Waals surface area contributed by atoms with Gasteiger partial charge in [-0.25, -0.2) is 8.42 Å². The maximum Gasteiger partial charge on any atom is 0.264 e. The van der Waals surface area contributed by atoms with Crippen LogP contribution in [0.2, 0.25) is 10.0 Å². The topological polar surface area (TPSA) is 86.8 Å². The molecule has 7 nitrogen and oxygen atoms in total. The summed E-state index contributed by atoms with van der Waals surface area (Å²) in [6.45, 7) is 7.05. The van der Waals surface area contributed by atoms with Crippen LogP contribution in [0, 0.1) is 6.92 Å². The Bertz CT molecular complexity index is 1420. The molecule has 3 rings (SSSR count). The molecule has 10 heteroatoms. The van der Waals surface area contributed by atoms with Crippen molar-refractivity contribution in [2.45, 2.75) is 64.1 Å². The average molecular weight is 605 g/mol. The van der Waals surface area contributed by atoms with E-state index in [4.69, 9.17) is 23.2 Å².